The molecule has 3 saturated heterocycles. The van der Waals surface area contributed by atoms with Crippen molar-refractivity contribution < 1.29 is 23.3 Å². The summed E-state index contributed by atoms with van der Waals surface area (Å²) in [6, 6.07) is 10.0. The lowest BCUT2D eigenvalue weighted by molar-refractivity contribution is -0.0477. The molecule has 2 N–H and O–H groups in total. The Labute approximate surface area is 191 Å². The van der Waals surface area contributed by atoms with Crippen molar-refractivity contribution >= 4 is 8.53 Å². The zero-order valence-corrected chi connectivity index (χ0v) is 19.3. The second kappa shape index (κ2) is 8.69. The van der Waals surface area contributed by atoms with Crippen molar-refractivity contribution in [1.82, 2.24) is 14.2 Å². The van der Waals surface area contributed by atoms with Gasteiger partial charge in [0.15, 0.2) is 12.4 Å². The van der Waals surface area contributed by atoms with Crippen LogP contribution in [0.3, 0.4) is 0 Å². The summed E-state index contributed by atoms with van der Waals surface area (Å²) in [6.45, 7) is 3.84. The molecule has 178 valence electrons. The van der Waals surface area contributed by atoms with Crippen molar-refractivity contribution in [2.75, 3.05) is 13.2 Å². The number of fused-ring (bicyclic) bond motifs is 1. The number of H-pyrrole nitrogens is 1. The van der Waals surface area contributed by atoms with Gasteiger partial charge in [-0.1, -0.05) is 30.3 Å². The van der Waals surface area contributed by atoms with Crippen LogP contribution < -0.4 is 11.2 Å². The monoisotopic (exact) mass is 479 g/mol. The SMILES string of the molecule is Cc1cn([C@@H]2O[C@H](CO)C(O[P@]3O[C@@](C)(c4ccccc4)[C@H]4CCCN43)[C@@H]2F)c(=O)[nH]c1=O. The van der Waals surface area contributed by atoms with Gasteiger partial charge in [0.05, 0.1) is 12.6 Å². The molecule has 7 atom stereocenters. The number of halogens is 1. The van der Waals surface area contributed by atoms with Crippen LogP contribution in [0.5, 0.6) is 0 Å². The van der Waals surface area contributed by atoms with Crippen LogP contribution in [0.1, 0.15) is 37.1 Å². The first-order valence-corrected chi connectivity index (χ1v) is 12.2. The normalized spacial score (nSPS) is 36.4. The van der Waals surface area contributed by atoms with Crippen LogP contribution >= 0.6 is 8.53 Å². The van der Waals surface area contributed by atoms with Gasteiger partial charge in [0.25, 0.3) is 14.1 Å². The van der Waals surface area contributed by atoms with E-state index in [1.54, 1.807) is 0 Å². The number of aromatic nitrogens is 2. The number of ether oxygens (including phenoxy) is 1. The van der Waals surface area contributed by atoms with E-state index < -0.39 is 56.6 Å². The van der Waals surface area contributed by atoms with Crippen LogP contribution in [0, 0.1) is 6.92 Å². The number of nitrogens with one attached hydrogen (secondary N) is 1. The minimum atomic E-state index is -1.75. The van der Waals surface area contributed by atoms with Gasteiger partial charge in [-0.05, 0) is 32.3 Å². The average molecular weight is 479 g/mol. The van der Waals surface area contributed by atoms with E-state index in [2.05, 4.69) is 9.65 Å². The Balaban J connectivity index is 1.41. The number of aliphatic hydroxyl groups excluding tert-OH is 1. The molecule has 1 unspecified atom stereocenters. The lowest BCUT2D eigenvalue weighted by Gasteiger charge is -2.29. The summed E-state index contributed by atoms with van der Waals surface area (Å²) in [5.74, 6) is 0. The van der Waals surface area contributed by atoms with Gasteiger partial charge in [-0.25, -0.2) is 13.9 Å². The van der Waals surface area contributed by atoms with E-state index in [-0.39, 0.29) is 11.6 Å². The number of nitrogens with zero attached hydrogens (tertiary/aromatic N) is 2. The molecule has 11 heteroatoms. The first kappa shape index (κ1) is 22.8. The molecule has 0 bridgehead atoms. The van der Waals surface area contributed by atoms with Crippen molar-refractivity contribution in [2.45, 2.75) is 62.9 Å². The molecule has 0 spiro atoms. The Morgan fingerprint density at radius 1 is 1.33 bits per heavy atom. The van der Waals surface area contributed by atoms with E-state index in [1.807, 2.05) is 37.3 Å². The molecular weight excluding hydrogens is 452 g/mol. The Hall–Kier alpha value is -1.94. The molecule has 33 heavy (non-hydrogen) atoms. The topological polar surface area (TPSA) is 106 Å². The highest BCUT2D eigenvalue weighted by atomic mass is 31.2. The largest absolute Gasteiger partial charge is 0.394 e. The third-order valence-electron chi connectivity index (χ3n) is 6.76. The van der Waals surface area contributed by atoms with Crippen molar-refractivity contribution in [2.24, 2.45) is 0 Å². The van der Waals surface area contributed by atoms with Crippen molar-refractivity contribution in [3.63, 3.8) is 0 Å². The minimum absolute atomic E-state index is 0.0965. The van der Waals surface area contributed by atoms with Gasteiger partial charge in [-0.3, -0.25) is 14.3 Å². The summed E-state index contributed by atoms with van der Waals surface area (Å²) in [4.78, 5) is 26.1. The fourth-order valence-electron chi connectivity index (χ4n) is 4.95. The Morgan fingerprint density at radius 3 is 2.82 bits per heavy atom. The predicted octanol–water partition coefficient (Wildman–Crippen LogP) is 2.09. The zero-order valence-electron chi connectivity index (χ0n) is 18.4. The maximum absolute atomic E-state index is 15.6. The number of rotatable bonds is 5. The molecular formula is C22H27FN3O6P. The fourth-order valence-corrected chi connectivity index (χ4v) is 7.10. The second-order valence-corrected chi connectivity index (χ2v) is 10.2. The number of aryl methyl sites for hydroxylation is 1. The molecule has 3 aliphatic heterocycles. The second-order valence-electron chi connectivity index (χ2n) is 8.86. The van der Waals surface area contributed by atoms with Gasteiger partial charge in [0, 0.05) is 18.3 Å². The van der Waals surface area contributed by atoms with Crippen molar-refractivity contribution in [1.29, 1.82) is 0 Å². The molecule has 2 aromatic rings. The van der Waals surface area contributed by atoms with E-state index in [0.717, 1.165) is 29.5 Å². The number of benzene rings is 1. The molecule has 1 aromatic heterocycles. The summed E-state index contributed by atoms with van der Waals surface area (Å²) < 4.78 is 37.1. The van der Waals surface area contributed by atoms with E-state index in [4.69, 9.17) is 13.8 Å². The van der Waals surface area contributed by atoms with Crippen LogP contribution in [-0.4, -0.2) is 56.9 Å². The predicted molar refractivity (Wildman–Crippen MR) is 118 cm³/mol. The van der Waals surface area contributed by atoms with Crippen LogP contribution in [0.25, 0.3) is 0 Å². The summed E-state index contributed by atoms with van der Waals surface area (Å²) in [5.41, 5.74) is -0.649. The van der Waals surface area contributed by atoms with Gasteiger partial charge >= 0.3 is 5.69 Å². The van der Waals surface area contributed by atoms with Crippen molar-refractivity contribution in [3.05, 3.63) is 68.5 Å². The first-order valence-electron chi connectivity index (χ1n) is 11.0. The van der Waals surface area contributed by atoms with Gasteiger partial charge in [0.2, 0.25) is 0 Å². The molecule has 4 heterocycles. The molecule has 1 aromatic carbocycles. The van der Waals surface area contributed by atoms with Crippen LogP contribution in [-0.2, 0) is 19.4 Å². The third-order valence-corrected chi connectivity index (χ3v) is 8.62. The number of aromatic amines is 1. The van der Waals surface area contributed by atoms with Gasteiger partial charge in [-0.2, -0.15) is 0 Å². The summed E-state index contributed by atoms with van der Waals surface area (Å²) in [5, 5.41) is 9.86. The number of aliphatic hydroxyl groups is 1. The molecule has 0 radical (unpaired) electrons. The minimum Gasteiger partial charge on any atom is -0.394 e. The van der Waals surface area contributed by atoms with Gasteiger partial charge in [0.1, 0.15) is 17.8 Å². The molecule has 3 fully saturated rings. The van der Waals surface area contributed by atoms with E-state index in [9.17, 15) is 14.7 Å². The van der Waals surface area contributed by atoms with Crippen LogP contribution in [0.2, 0.25) is 0 Å². The highest BCUT2D eigenvalue weighted by molar-refractivity contribution is 7.45. The lowest BCUT2D eigenvalue weighted by atomic mass is 9.87. The van der Waals surface area contributed by atoms with Gasteiger partial charge in [-0.15, -0.1) is 0 Å². The number of hydrogen-bond donors (Lipinski definition) is 2. The fraction of sp³-hybridized carbons (Fsp3) is 0.545. The average Bonchev–Trinajstić information content (AvgIpc) is 3.48. The highest BCUT2D eigenvalue weighted by Crippen LogP contribution is 2.64. The quantitative estimate of drug-likeness (QED) is 0.633. The van der Waals surface area contributed by atoms with Gasteiger partial charge < -0.3 is 18.9 Å². The molecule has 5 rings (SSSR count). The molecule has 0 amide bonds. The Bertz CT molecular complexity index is 1130. The van der Waals surface area contributed by atoms with E-state index >= 15 is 4.39 Å². The maximum atomic E-state index is 15.6. The smallest absolute Gasteiger partial charge is 0.330 e. The standard InChI is InChI=1S/C22H27FN3O6P/c1-13-11-25(21(29)24-19(13)28)20-17(23)18(15(12-27)30-20)31-33-26-10-6-9-16(26)22(2,32-33)14-7-4-3-5-8-14/h3-5,7-8,11,15-18,20,27H,6,9-10,12H2,1-2H3,(H,24,28,29)/t15-,16-,17+,18?,20-,22+,33-/m1/s1. The molecule has 9 nitrogen and oxygen atoms in total. The van der Waals surface area contributed by atoms with E-state index in [1.165, 1.54) is 13.1 Å². The van der Waals surface area contributed by atoms with Crippen LogP contribution in [0.4, 0.5) is 4.39 Å². The maximum Gasteiger partial charge on any atom is 0.330 e. The van der Waals surface area contributed by atoms with Crippen molar-refractivity contribution in [3.8, 4) is 0 Å². The molecule has 0 aliphatic carbocycles. The van der Waals surface area contributed by atoms with Crippen LogP contribution in [0.15, 0.2) is 46.1 Å². The summed E-state index contributed by atoms with van der Waals surface area (Å²) in [6.07, 6.45) is -2.02. The number of hydrogen-bond acceptors (Lipinski definition) is 7. The van der Waals surface area contributed by atoms with E-state index in [0.29, 0.717) is 0 Å². The molecule has 3 aliphatic rings. The molecule has 0 saturated carbocycles. The third kappa shape index (κ3) is 3.79. The number of alkyl halides is 1. The first-order chi connectivity index (χ1) is 15.8. The lowest BCUT2D eigenvalue weighted by Crippen LogP contribution is -2.38. The highest BCUT2D eigenvalue weighted by Gasteiger charge is 2.57. The summed E-state index contributed by atoms with van der Waals surface area (Å²) in [7, 11) is -1.62. The zero-order chi connectivity index (χ0) is 23.3. The Morgan fingerprint density at radius 2 is 2.09 bits per heavy atom. The summed E-state index contributed by atoms with van der Waals surface area (Å²) >= 11 is 0. The Kier molecular flexibility index (Phi) is 6.01.